The predicted octanol–water partition coefficient (Wildman–Crippen LogP) is 4.03. The number of piperidine rings is 1. The fraction of sp³-hybridized carbons (Fsp3) is 0.381. The van der Waals surface area contributed by atoms with E-state index in [1.54, 1.807) is 0 Å². The van der Waals surface area contributed by atoms with Gasteiger partial charge in [-0.2, -0.15) is 0 Å². The van der Waals surface area contributed by atoms with Crippen molar-refractivity contribution in [2.45, 2.75) is 39.0 Å². The van der Waals surface area contributed by atoms with E-state index in [9.17, 15) is 4.79 Å². The van der Waals surface area contributed by atoms with Crippen LogP contribution in [0.15, 0.2) is 60.7 Å². The summed E-state index contributed by atoms with van der Waals surface area (Å²) in [6.45, 7) is 4.08. The maximum Gasteiger partial charge on any atom is 0.223 e. The summed E-state index contributed by atoms with van der Waals surface area (Å²) in [7, 11) is 0. The molecule has 2 unspecified atom stereocenters. The van der Waals surface area contributed by atoms with Crippen LogP contribution in [0.1, 0.15) is 30.9 Å². The van der Waals surface area contributed by atoms with E-state index < -0.39 is 0 Å². The van der Waals surface area contributed by atoms with E-state index in [0.29, 0.717) is 32.1 Å². The summed E-state index contributed by atoms with van der Waals surface area (Å²) >= 11 is 0. The second-order valence-corrected chi connectivity index (χ2v) is 6.59. The Labute approximate surface area is 144 Å². The second kappa shape index (κ2) is 8.11. The minimum absolute atomic E-state index is 0.148. The number of nitrogens with zero attached hydrogens (tertiary/aromatic N) is 1. The minimum atomic E-state index is 0.148. The minimum Gasteiger partial charge on any atom is -0.375 e. The Morgan fingerprint density at radius 3 is 2.29 bits per heavy atom. The van der Waals surface area contributed by atoms with Gasteiger partial charge in [0.25, 0.3) is 0 Å². The lowest BCUT2D eigenvalue weighted by atomic mass is 9.90. The summed E-state index contributed by atoms with van der Waals surface area (Å²) in [5.74, 6) is 0.701. The first-order valence-corrected chi connectivity index (χ1v) is 8.69. The van der Waals surface area contributed by atoms with Gasteiger partial charge in [0.05, 0.1) is 19.3 Å². The largest absolute Gasteiger partial charge is 0.375 e. The average Bonchev–Trinajstić information content (AvgIpc) is 2.62. The molecule has 0 saturated carbocycles. The number of amides is 1. The van der Waals surface area contributed by atoms with Crippen LogP contribution >= 0.6 is 0 Å². The van der Waals surface area contributed by atoms with Gasteiger partial charge < -0.3 is 9.64 Å². The molecule has 1 aliphatic rings. The Morgan fingerprint density at radius 1 is 1.00 bits per heavy atom. The van der Waals surface area contributed by atoms with Crippen molar-refractivity contribution in [1.82, 2.24) is 4.90 Å². The molecule has 1 fully saturated rings. The Bertz CT molecular complexity index is 641. The van der Waals surface area contributed by atoms with Crippen LogP contribution in [0.25, 0.3) is 0 Å². The number of likely N-dealkylation sites (tertiary alicyclic amines) is 1. The van der Waals surface area contributed by atoms with Gasteiger partial charge in [-0.05, 0) is 23.5 Å². The molecule has 2 atom stereocenters. The lowest BCUT2D eigenvalue weighted by Gasteiger charge is -2.39. The molecule has 126 valence electrons. The van der Waals surface area contributed by atoms with E-state index in [0.717, 1.165) is 6.42 Å². The highest BCUT2D eigenvalue weighted by Crippen LogP contribution is 2.26. The second-order valence-electron chi connectivity index (χ2n) is 6.59. The van der Waals surface area contributed by atoms with Crippen LogP contribution in [0.4, 0.5) is 0 Å². The SMILES string of the molecule is CC1CCC(=O)N(Cc2ccccc2)C1COCc1ccccc1. The van der Waals surface area contributed by atoms with Crippen molar-refractivity contribution in [3.05, 3.63) is 71.8 Å². The lowest BCUT2D eigenvalue weighted by molar-refractivity contribution is -0.142. The van der Waals surface area contributed by atoms with Crippen molar-refractivity contribution in [3.8, 4) is 0 Å². The first kappa shape index (κ1) is 16.7. The van der Waals surface area contributed by atoms with Gasteiger partial charge >= 0.3 is 0 Å². The summed E-state index contributed by atoms with van der Waals surface area (Å²) in [4.78, 5) is 14.5. The van der Waals surface area contributed by atoms with Gasteiger partial charge in [-0.3, -0.25) is 4.79 Å². The van der Waals surface area contributed by atoms with E-state index in [1.807, 2.05) is 41.3 Å². The van der Waals surface area contributed by atoms with E-state index in [4.69, 9.17) is 4.74 Å². The summed E-state index contributed by atoms with van der Waals surface area (Å²) in [5.41, 5.74) is 2.34. The number of hydrogen-bond donors (Lipinski definition) is 0. The van der Waals surface area contributed by atoms with Gasteiger partial charge in [0, 0.05) is 13.0 Å². The van der Waals surface area contributed by atoms with Crippen LogP contribution in [0.2, 0.25) is 0 Å². The average molecular weight is 323 g/mol. The molecule has 2 aromatic carbocycles. The van der Waals surface area contributed by atoms with Crippen LogP contribution in [-0.2, 0) is 22.7 Å². The molecule has 24 heavy (non-hydrogen) atoms. The molecule has 1 saturated heterocycles. The van der Waals surface area contributed by atoms with E-state index in [-0.39, 0.29) is 11.9 Å². The van der Waals surface area contributed by atoms with Crippen LogP contribution < -0.4 is 0 Å². The summed E-state index contributed by atoms with van der Waals surface area (Å²) in [6.07, 6.45) is 1.59. The van der Waals surface area contributed by atoms with Crippen molar-refractivity contribution in [3.63, 3.8) is 0 Å². The zero-order valence-electron chi connectivity index (χ0n) is 14.2. The first-order valence-electron chi connectivity index (χ1n) is 8.69. The van der Waals surface area contributed by atoms with Gasteiger partial charge in [0.1, 0.15) is 0 Å². The van der Waals surface area contributed by atoms with E-state index in [2.05, 4.69) is 31.2 Å². The highest BCUT2D eigenvalue weighted by molar-refractivity contribution is 5.77. The molecular formula is C21H25NO2. The zero-order valence-corrected chi connectivity index (χ0v) is 14.2. The molecule has 3 heteroatoms. The first-order chi connectivity index (χ1) is 11.7. The van der Waals surface area contributed by atoms with Gasteiger partial charge in [-0.25, -0.2) is 0 Å². The summed E-state index contributed by atoms with van der Waals surface area (Å²) in [5, 5.41) is 0. The van der Waals surface area contributed by atoms with Crippen molar-refractivity contribution in [1.29, 1.82) is 0 Å². The molecule has 0 bridgehead atoms. The fourth-order valence-electron chi connectivity index (χ4n) is 3.29. The molecule has 0 aromatic heterocycles. The number of ether oxygens (including phenoxy) is 1. The molecule has 0 aliphatic carbocycles. The van der Waals surface area contributed by atoms with Gasteiger partial charge in [-0.15, -0.1) is 0 Å². The van der Waals surface area contributed by atoms with Crippen molar-refractivity contribution in [2.24, 2.45) is 5.92 Å². The summed E-state index contributed by atoms with van der Waals surface area (Å²) in [6, 6.07) is 20.5. The monoisotopic (exact) mass is 323 g/mol. The topological polar surface area (TPSA) is 29.5 Å². The van der Waals surface area contributed by atoms with Crippen molar-refractivity contribution >= 4 is 5.91 Å². The number of hydrogen-bond acceptors (Lipinski definition) is 2. The van der Waals surface area contributed by atoms with E-state index in [1.165, 1.54) is 11.1 Å². The Balaban J connectivity index is 1.63. The van der Waals surface area contributed by atoms with Crippen LogP contribution in [-0.4, -0.2) is 23.5 Å². The molecule has 0 N–H and O–H groups in total. The molecule has 3 nitrogen and oxygen atoms in total. The number of carbonyl (C=O) groups excluding carboxylic acids is 1. The highest BCUT2D eigenvalue weighted by Gasteiger charge is 2.33. The maximum absolute atomic E-state index is 12.5. The number of benzene rings is 2. The van der Waals surface area contributed by atoms with Gasteiger partial charge in [-0.1, -0.05) is 67.6 Å². The highest BCUT2D eigenvalue weighted by atomic mass is 16.5. The van der Waals surface area contributed by atoms with Crippen molar-refractivity contribution in [2.75, 3.05) is 6.61 Å². The van der Waals surface area contributed by atoms with E-state index >= 15 is 0 Å². The van der Waals surface area contributed by atoms with Crippen molar-refractivity contribution < 1.29 is 9.53 Å². The standard InChI is InChI=1S/C21H25NO2/c1-17-12-13-21(23)22(14-18-8-4-2-5-9-18)20(17)16-24-15-19-10-6-3-7-11-19/h2-11,17,20H,12-16H2,1H3. The smallest absolute Gasteiger partial charge is 0.223 e. The molecule has 2 aromatic rings. The third-order valence-corrected chi connectivity index (χ3v) is 4.79. The Morgan fingerprint density at radius 2 is 1.62 bits per heavy atom. The normalized spacial score (nSPS) is 21.0. The maximum atomic E-state index is 12.5. The molecule has 1 aliphatic heterocycles. The fourth-order valence-corrected chi connectivity index (χ4v) is 3.29. The Hall–Kier alpha value is -2.13. The lowest BCUT2D eigenvalue weighted by Crippen LogP contribution is -2.49. The zero-order chi connectivity index (χ0) is 16.8. The van der Waals surface area contributed by atoms with Crippen LogP contribution in [0.3, 0.4) is 0 Å². The molecule has 0 radical (unpaired) electrons. The molecule has 1 amide bonds. The molecular weight excluding hydrogens is 298 g/mol. The molecule has 3 rings (SSSR count). The number of rotatable bonds is 6. The third kappa shape index (κ3) is 4.24. The van der Waals surface area contributed by atoms with Crippen LogP contribution in [0.5, 0.6) is 0 Å². The van der Waals surface area contributed by atoms with Gasteiger partial charge in [0.15, 0.2) is 0 Å². The van der Waals surface area contributed by atoms with Crippen LogP contribution in [0, 0.1) is 5.92 Å². The quantitative estimate of drug-likeness (QED) is 0.803. The third-order valence-electron chi connectivity index (χ3n) is 4.79. The molecule has 0 spiro atoms. The predicted molar refractivity (Wildman–Crippen MR) is 95.3 cm³/mol. The Kier molecular flexibility index (Phi) is 5.65. The number of carbonyl (C=O) groups is 1. The summed E-state index contributed by atoms with van der Waals surface area (Å²) < 4.78 is 5.95. The van der Waals surface area contributed by atoms with Gasteiger partial charge in [0.2, 0.25) is 5.91 Å². The molecule has 1 heterocycles.